The van der Waals surface area contributed by atoms with Crippen molar-refractivity contribution < 1.29 is 4.79 Å². The molecule has 1 aromatic rings. The highest BCUT2D eigenvalue weighted by atomic mass is 16.2. The van der Waals surface area contributed by atoms with E-state index in [1.54, 1.807) is 0 Å². The Kier molecular flexibility index (Phi) is 4.80. The van der Waals surface area contributed by atoms with E-state index in [-0.39, 0.29) is 11.4 Å². The predicted molar refractivity (Wildman–Crippen MR) is 76.9 cm³/mol. The Labute approximate surface area is 115 Å². The van der Waals surface area contributed by atoms with Crippen LogP contribution in [0.4, 0.5) is 4.79 Å². The van der Waals surface area contributed by atoms with Gasteiger partial charge in [0, 0.05) is 13.1 Å². The maximum atomic E-state index is 11.8. The molecule has 19 heavy (non-hydrogen) atoms. The molecule has 1 aromatic carbocycles. The quantitative estimate of drug-likeness (QED) is 0.775. The highest BCUT2D eigenvalue weighted by Crippen LogP contribution is 2.26. The molecule has 1 aliphatic rings. The third-order valence-corrected chi connectivity index (χ3v) is 3.78. The van der Waals surface area contributed by atoms with Gasteiger partial charge in [-0.05, 0) is 36.9 Å². The summed E-state index contributed by atoms with van der Waals surface area (Å²) in [4.78, 5) is 11.8. The summed E-state index contributed by atoms with van der Waals surface area (Å²) >= 11 is 0. The zero-order valence-electron chi connectivity index (χ0n) is 11.5. The molecule has 0 aliphatic carbocycles. The van der Waals surface area contributed by atoms with Crippen molar-refractivity contribution in [1.29, 1.82) is 0 Å². The van der Waals surface area contributed by atoms with Gasteiger partial charge in [-0.25, -0.2) is 4.79 Å². The molecule has 0 unspecified atom stereocenters. The summed E-state index contributed by atoms with van der Waals surface area (Å²) in [6.45, 7) is 5.65. The number of hydrogen-bond acceptors (Lipinski definition) is 2. The van der Waals surface area contributed by atoms with Gasteiger partial charge in [-0.3, -0.25) is 0 Å². The van der Waals surface area contributed by atoms with Gasteiger partial charge in [0.25, 0.3) is 0 Å². The maximum Gasteiger partial charge on any atom is 0.315 e. The Morgan fingerprint density at radius 2 is 1.89 bits per heavy atom. The summed E-state index contributed by atoms with van der Waals surface area (Å²) in [6, 6.07) is 9.86. The van der Waals surface area contributed by atoms with Crippen molar-refractivity contribution in [3.63, 3.8) is 0 Å². The third-order valence-electron chi connectivity index (χ3n) is 3.78. The molecule has 1 aliphatic heterocycles. The zero-order valence-corrected chi connectivity index (χ0v) is 11.5. The van der Waals surface area contributed by atoms with Crippen LogP contribution in [0, 0.1) is 5.41 Å². The van der Waals surface area contributed by atoms with E-state index in [1.807, 2.05) is 30.3 Å². The van der Waals surface area contributed by atoms with E-state index in [0.717, 1.165) is 38.0 Å². The average Bonchev–Trinajstić information content (AvgIpc) is 2.45. The number of nitrogens with one attached hydrogen (secondary N) is 3. The number of carbonyl (C=O) groups is 1. The van der Waals surface area contributed by atoms with Crippen LogP contribution in [0.5, 0.6) is 0 Å². The zero-order chi connectivity index (χ0) is 13.6. The van der Waals surface area contributed by atoms with Gasteiger partial charge in [0.2, 0.25) is 0 Å². The molecule has 0 saturated carbocycles. The molecule has 0 radical (unpaired) electrons. The number of benzene rings is 1. The molecule has 2 amide bonds. The molecule has 4 nitrogen and oxygen atoms in total. The Morgan fingerprint density at radius 1 is 1.21 bits per heavy atom. The number of amides is 2. The SMILES string of the molecule is CC1(CNC(=O)NCc2ccccc2)CCNCC1. The topological polar surface area (TPSA) is 53.2 Å². The number of hydrogen-bond donors (Lipinski definition) is 3. The normalized spacial score (nSPS) is 17.7. The van der Waals surface area contributed by atoms with Crippen LogP contribution in [0.15, 0.2) is 30.3 Å². The van der Waals surface area contributed by atoms with Gasteiger partial charge in [-0.15, -0.1) is 0 Å². The fraction of sp³-hybridized carbons (Fsp3) is 0.533. The first-order valence-corrected chi connectivity index (χ1v) is 6.94. The molecule has 3 N–H and O–H groups in total. The molecule has 1 heterocycles. The first-order chi connectivity index (χ1) is 9.18. The summed E-state index contributed by atoms with van der Waals surface area (Å²) in [6.07, 6.45) is 2.23. The molecule has 1 fully saturated rings. The van der Waals surface area contributed by atoms with Gasteiger partial charge in [-0.1, -0.05) is 37.3 Å². The minimum absolute atomic E-state index is 0.0800. The second-order valence-electron chi connectivity index (χ2n) is 5.58. The van der Waals surface area contributed by atoms with Crippen LogP contribution < -0.4 is 16.0 Å². The van der Waals surface area contributed by atoms with Crippen LogP contribution in [-0.4, -0.2) is 25.7 Å². The standard InChI is InChI=1S/C15H23N3O/c1-15(7-9-16-10-8-15)12-18-14(19)17-11-13-5-3-2-4-6-13/h2-6,16H,7-12H2,1H3,(H2,17,18,19). The lowest BCUT2D eigenvalue weighted by Crippen LogP contribution is -2.45. The molecule has 0 spiro atoms. The molecule has 1 saturated heterocycles. The minimum Gasteiger partial charge on any atom is -0.338 e. The highest BCUT2D eigenvalue weighted by molar-refractivity contribution is 5.73. The van der Waals surface area contributed by atoms with Crippen molar-refractivity contribution in [2.24, 2.45) is 5.41 Å². The molecule has 2 rings (SSSR count). The van der Waals surface area contributed by atoms with Gasteiger partial charge < -0.3 is 16.0 Å². The van der Waals surface area contributed by atoms with Crippen molar-refractivity contribution >= 4 is 6.03 Å². The number of rotatable bonds is 4. The molecule has 0 atom stereocenters. The molecule has 4 heteroatoms. The molecule has 104 valence electrons. The predicted octanol–water partition coefficient (Wildman–Crippen LogP) is 1.88. The monoisotopic (exact) mass is 261 g/mol. The maximum absolute atomic E-state index is 11.8. The smallest absolute Gasteiger partial charge is 0.315 e. The highest BCUT2D eigenvalue weighted by Gasteiger charge is 2.26. The van der Waals surface area contributed by atoms with Gasteiger partial charge in [-0.2, -0.15) is 0 Å². The van der Waals surface area contributed by atoms with Crippen LogP contribution in [0.1, 0.15) is 25.3 Å². The number of urea groups is 1. The van der Waals surface area contributed by atoms with E-state index in [4.69, 9.17) is 0 Å². The number of carbonyl (C=O) groups excluding carboxylic acids is 1. The summed E-state index contributed by atoms with van der Waals surface area (Å²) < 4.78 is 0. The van der Waals surface area contributed by atoms with E-state index >= 15 is 0 Å². The average molecular weight is 261 g/mol. The second-order valence-corrected chi connectivity index (χ2v) is 5.58. The van der Waals surface area contributed by atoms with Crippen molar-refractivity contribution in [3.8, 4) is 0 Å². The van der Waals surface area contributed by atoms with Crippen LogP contribution >= 0.6 is 0 Å². The Hall–Kier alpha value is -1.55. The lowest BCUT2D eigenvalue weighted by atomic mass is 9.81. The Balaban J connectivity index is 1.70. The fourth-order valence-electron chi connectivity index (χ4n) is 2.34. The summed E-state index contributed by atoms with van der Waals surface area (Å²) in [5.41, 5.74) is 1.35. The van der Waals surface area contributed by atoms with Crippen molar-refractivity contribution in [1.82, 2.24) is 16.0 Å². The van der Waals surface area contributed by atoms with E-state index in [1.165, 1.54) is 0 Å². The van der Waals surface area contributed by atoms with Crippen LogP contribution in [0.25, 0.3) is 0 Å². The molecule has 0 aromatic heterocycles. The van der Waals surface area contributed by atoms with Gasteiger partial charge >= 0.3 is 6.03 Å². The largest absolute Gasteiger partial charge is 0.338 e. The molecular weight excluding hydrogens is 238 g/mol. The van der Waals surface area contributed by atoms with Gasteiger partial charge in [0.1, 0.15) is 0 Å². The minimum atomic E-state index is -0.0800. The van der Waals surface area contributed by atoms with Crippen molar-refractivity contribution in [3.05, 3.63) is 35.9 Å². The van der Waals surface area contributed by atoms with E-state index in [0.29, 0.717) is 6.54 Å². The van der Waals surface area contributed by atoms with Crippen LogP contribution in [0.3, 0.4) is 0 Å². The van der Waals surface area contributed by atoms with Crippen LogP contribution in [-0.2, 0) is 6.54 Å². The lowest BCUT2D eigenvalue weighted by molar-refractivity contribution is 0.207. The van der Waals surface area contributed by atoms with E-state index in [9.17, 15) is 4.79 Å². The Morgan fingerprint density at radius 3 is 2.58 bits per heavy atom. The summed E-state index contributed by atoms with van der Waals surface area (Å²) in [5, 5.41) is 9.22. The van der Waals surface area contributed by atoms with Gasteiger partial charge in [0.05, 0.1) is 0 Å². The second kappa shape index (κ2) is 6.57. The van der Waals surface area contributed by atoms with Crippen molar-refractivity contribution in [2.45, 2.75) is 26.3 Å². The summed E-state index contributed by atoms with van der Waals surface area (Å²) in [5.74, 6) is 0. The first kappa shape index (κ1) is 13.9. The Bertz CT molecular complexity index is 399. The van der Waals surface area contributed by atoms with Crippen molar-refractivity contribution in [2.75, 3.05) is 19.6 Å². The third kappa shape index (κ3) is 4.56. The lowest BCUT2D eigenvalue weighted by Gasteiger charge is -2.34. The number of piperidine rings is 1. The molecular formula is C15H23N3O. The van der Waals surface area contributed by atoms with E-state index < -0.39 is 0 Å². The first-order valence-electron chi connectivity index (χ1n) is 6.94. The van der Waals surface area contributed by atoms with Gasteiger partial charge in [0.15, 0.2) is 0 Å². The van der Waals surface area contributed by atoms with E-state index in [2.05, 4.69) is 22.9 Å². The fourth-order valence-corrected chi connectivity index (χ4v) is 2.34. The molecule has 0 bridgehead atoms. The summed E-state index contributed by atoms with van der Waals surface area (Å²) in [7, 11) is 0. The van der Waals surface area contributed by atoms with Crippen LogP contribution in [0.2, 0.25) is 0 Å².